The lowest BCUT2D eigenvalue weighted by molar-refractivity contribution is 0.249. The minimum Gasteiger partial charge on any atom is -0.350 e. The summed E-state index contributed by atoms with van der Waals surface area (Å²) in [5, 5.41) is 4.48. The van der Waals surface area contributed by atoms with E-state index in [1.54, 1.807) is 6.07 Å². The van der Waals surface area contributed by atoms with Gasteiger partial charge in [-0.15, -0.1) is 0 Å². The number of hydrogen-bond donors (Lipinski definition) is 2. The zero-order valence-electron chi connectivity index (χ0n) is 8.33. The summed E-state index contributed by atoms with van der Waals surface area (Å²) in [4.78, 5) is 10.5. The Morgan fingerprint density at radius 2 is 2.20 bits per heavy atom. The van der Waals surface area contributed by atoms with Crippen LogP contribution in [0, 0.1) is 0 Å². The van der Waals surface area contributed by atoms with Gasteiger partial charge in [-0.05, 0) is 12.5 Å². The highest BCUT2D eigenvalue weighted by Crippen LogP contribution is 2.16. The summed E-state index contributed by atoms with van der Waals surface area (Å²) in [5.74, 6) is 0. The second-order valence-corrected chi connectivity index (χ2v) is 3.28. The van der Waals surface area contributed by atoms with Crippen molar-refractivity contribution in [2.24, 2.45) is 10.8 Å². The number of benzene rings is 1. The molecule has 0 aliphatic carbocycles. The molecule has 0 aliphatic rings. The minimum atomic E-state index is -0.687. The average molecular weight is 226 g/mol. The van der Waals surface area contributed by atoms with Gasteiger partial charge in [-0.1, -0.05) is 36.7 Å². The summed E-state index contributed by atoms with van der Waals surface area (Å²) < 4.78 is 0. The highest BCUT2D eigenvalue weighted by molar-refractivity contribution is 6.34. The molecule has 15 heavy (non-hydrogen) atoms. The zero-order chi connectivity index (χ0) is 11.3. The van der Waals surface area contributed by atoms with Gasteiger partial charge in [-0.25, -0.2) is 10.2 Å². The molecule has 0 bridgehead atoms. The van der Waals surface area contributed by atoms with E-state index in [0.29, 0.717) is 17.2 Å². The van der Waals surface area contributed by atoms with Crippen LogP contribution < -0.4 is 11.2 Å². The van der Waals surface area contributed by atoms with Crippen molar-refractivity contribution in [1.82, 2.24) is 5.43 Å². The smallest absolute Gasteiger partial charge is 0.332 e. The third-order valence-electron chi connectivity index (χ3n) is 1.82. The first-order chi connectivity index (χ1) is 7.15. The van der Waals surface area contributed by atoms with Crippen LogP contribution in [0.4, 0.5) is 4.79 Å². The fourth-order valence-electron chi connectivity index (χ4n) is 1.15. The molecule has 3 N–H and O–H groups in total. The summed E-state index contributed by atoms with van der Waals surface area (Å²) in [6, 6.07) is 6.62. The van der Waals surface area contributed by atoms with Crippen LogP contribution in [-0.2, 0) is 0 Å². The van der Waals surface area contributed by atoms with Crippen LogP contribution in [-0.4, -0.2) is 11.7 Å². The van der Waals surface area contributed by atoms with Crippen LogP contribution in [0.2, 0.25) is 5.02 Å². The van der Waals surface area contributed by atoms with Crippen LogP contribution in [0.25, 0.3) is 0 Å². The van der Waals surface area contributed by atoms with Crippen molar-refractivity contribution in [3.05, 3.63) is 34.9 Å². The van der Waals surface area contributed by atoms with Crippen molar-refractivity contribution in [3.63, 3.8) is 0 Å². The molecule has 1 aromatic rings. The maximum absolute atomic E-state index is 10.5. The molecule has 80 valence electrons. The first-order valence-corrected chi connectivity index (χ1v) is 4.89. The maximum atomic E-state index is 10.5. The molecular formula is C10H12ClN3O. The SMILES string of the molecule is CC/C(=N/NC(N)=O)c1ccccc1Cl. The number of primary amides is 1. The number of hydrogen-bond acceptors (Lipinski definition) is 2. The molecule has 1 aromatic carbocycles. The van der Waals surface area contributed by atoms with Crippen molar-refractivity contribution < 1.29 is 4.79 Å². The molecule has 0 saturated heterocycles. The van der Waals surface area contributed by atoms with Crippen LogP contribution >= 0.6 is 11.6 Å². The molecule has 0 heterocycles. The predicted molar refractivity (Wildman–Crippen MR) is 61.0 cm³/mol. The molecule has 0 atom stereocenters. The van der Waals surface area contributed by atoms with Crippen LogP contribution in [0.3, 0.4) is 0 Å². The monoisotopic (exact) mass is 225 g/mol. The molecule has 0 aromatic heterocycles. The number of urea groups is 1. The van der Waals surface area contributed by atoms with Gasteiger partial charge < -0.3 is 5.73 Å². The largest absolute Gasteiger partial charge is 0.350 e. The molecule has 0 unspecified atom stereocenters. The lowest BCUT2D eigenvalue weighted by atomic mass is 10.1. The number of hydrazone groups is 1. The van der Waals surface area contributed by atoms with Crippen molar-refractivity contribution in [2.75, 3.05) is 0 Å². The summed E-state index contributed by atoms with van der Waals surface area (Å²) >= 11 is 5.99. The van der Waals surface area contributed by atoms with Gasteiger partial charge >= 0.3 is 6.03 Å². The molecular weight excluding hydrogens is 214 g/mol. The van der Waals surface area contributed by atoms with Crippen LogP contribution in [0.5, 0.6) is 0 Å². The number of amides is 2. The van der Waals surface area contributed by atoms with Crippen molar-refractivity contribution in [2.45, 2.75) is 13.3 Å². The Morgan fingerprint density at radius 1 is 1.53 bits per heavy atom. The number of nitrogens with two attached hydrogens (primary N) is 1. The van der Waals surface area contributed by atoms with E-state index in [1.165, 1.54) is 0 Å². The third-order valence-corrected chi connectivity index (χ3v) is 2.15. The Bertz CT molecular complexity index is 390. The van der Waals surface area contributed by atoms with Gasteiger partial charge in [0.1, 0.15) is 0 Å². The van der Waals surface area contributed by atoms with Gasteiger partial charge in [0.05, 0.1) is 5.71 Å². The van der Waals surface area contributed by atoms with Crippen molar-refractivity contribution >= 4 is 23.3 Å². The van der Waals surface area contributed by atoms with E-state index in [0.717, 1.165) is 5.56 Å². The lowest BCUT2D eigenvalue weighted by Crippen LogP contribution is -2.26. The van der Waals surface area contributed by atoms with Gasteiger partial charge in [0.2, 0.25) is 0 Å². The molecule has 5 heteroatoms. The number of rotatable bonds is 3. The normalized spacial score (nSPS) is 11.2. The molecule has 0 fully saturated rings. The first kappa shape index (κ1) is 11.5. The van der Waals surface area contributed by atoms with Gasteiger partial charge in [0.25, 0.3) is 0 Å². The Kier molecular flexibility index (Phi) is 4.12. The number of carbonyl (C=O) groups is 1. The van der Waals surface area contributed by atoms with E-state index in [1.807, 2.05) is 25.1 Å². The molecule has 0 saturated carbocycles. The van der Waals surface area contributed by atoms with Crippen molar-refractivity contribution in [1.29, 1.82) is 0 Å². The Hall–Kier alpha value is -1.55. The Balaban J connectivity index is 2.97. The standard InChI is InChI=1S/C10H12ClN3O/c1-2-9(13-14-10(12)15)7-5-3-4-6-8(7)11/h3-6H,2H2,1H3,(H3,12,14,15)/b13-9-. The molecule has 2 amide bonds. The molecule has 4 nitrogen and oxygen atoms in total. The Morgan fingerprint density at radius 3 is 2.73 bits per heavy atom. The fraction of sp³-hybridized carbons (Fsp3) is 0.200. The van der Waals surface area contributed by atoms with E-state index in [4.69, 9.17) is 17.3 Å². The summed E-state index contributed by atoms with van der Waals surface area (Å²) in [5.41, 5.74) is 8.61. The Labute approximate surface area is 93.1 Å². The molecule has 0 spiro atoms. The first-order valence-electron chi connectivity index (χ1n) is 4.52. The number of nitrogens with one attached hydrogen (secondary N) is 1. The van der Waals surface area contributed by atoms with Crippen LogP contribution in [0.15, 0.2) is 29.4 Å². The highest BCUT2D eigenvalue weighted by atomic mass is 35.5. The average Bonchev–Trinajstić information content (AvgIpc) is 2.21. The number of nitrogens with zero attached hydrogens (tertiary/aromatic N) is 1. The zero-order valence-corrected chi connectivity index (χ0v) is 9.08. The topological polar surface area (TPSA) is 67.5 Å². The fourth-order valence-corrected chi connectivity index (χ4v) is 1.39. The van der Waals surface area contributed by atoms with Gasteiger partial charge in [0.15, 0.2) is 0 Å². The van der Waals surface area contributed by atoms with Gasteiger partial charge in [-0.2, -0.15) is 5.10 Å². The van der Waals surface area contributed by atoms with E-state index in [2.05, 4.69) is 10.5 Å². The van der Waals surface area contributed by atoms with Crippen molar-refractivity contribution in [3.8, 4) is 0 Å². The maximum Gasteiger partial charge on any atom is 0.332 e. The van der Waals surface area contributed by atoms with Gasteiger partial charge in [-0.3, -0.25) is 0 Å². The summed E-state index contributed by atoms with van der Waals surface area (Å²) in [6.07, 6.45) is 0.657. The third kappa shape index (κ3) is 3.25. The molecule has 0 aliphatic heterocycles. The second-order valence-electron chi connectivity index (χ2n) is 2.87. The summed E-state index contributed by atoms with van der Waals surface area (Å²) in [6.45, 7) is 1.92. The highest BCUT2D eigenvalue weighted by Gasteiger charge is 2.05. The number of halogens is 1. The van der Waals surface area contributed by atoms with Crippen LogP contribution in [0.1, 0.15) is 18.9 Å². The van der Waals surface area contributed by atoms with E-state index in [-0.39, 0.29) is 0 Å². The predicted octanol–water partition coefficient (Wildman–Crippen LogP) is 2.12. The van der Waals surface area contributed by atoms with E-state index >= 15 is 0 Å². The molecule has 0 radical (unpaired) electrons. The van der Waals surface area contributed by atoms with E-state index in [9.17, 15) is 4.79 Å². The quantitative estimate of drug-likeness (QED) is 0.601. The second kappa shape index (κ2) is 5.36. The van der Waals surface area contributed by atoms with E-state index < -0.39 is 6.03 Å². The van der Waals surface area contributed by atoms with Gasteiger partial charge in [0, 0.05) is 10.6 Å². The summed E-state index contributed by atoms with van der Waals surface area (Å²) in [7, 11) is 0. The number of carbonyl (C=O) groups excluding carboxylic acids is 1. The molecule has 1 rings (SSSR count). The minimum absolute atomic E-state index is 0.601. The lowest BCUT2D eigenvalue weighted by Gasteiger charge is -2.05.